The Balaban J connectivity index is 1.86. The van der Waals surface area contributed by atoms with E-state index in [2.05, 4.69) is 16.0 Å². The fraction of sp³-hybridized carbons (Fsp3) is 0.0952. The Morgan fingerprint density at radius 3 is 2.35 bits per heavy atom. The van der Waals surface area contributed by atoms with E-state index in [1.807, 2.05) is 66.7 Å². The molecule has 0 atom stereocenters. The molecular weight excluding hydrogens is 326 g/mol. The second kappa shape index (κ2) is 6.80. The van der Waals surface area contributed by atoms with E-state index in [0.717, 1.165) is 39.9 Å². The predicted molar refractivity (Wildman–Crippen MR) is 104 cm³/mol. The number of rotatable bonds is 5. The molecular formula is C21H19N3O2. The molecule has 0 unspecified atom stereocenters. The van der Waals surface area contributed by atoms with E-state index >= 15 is 0 Å². The van der Waals surface area contributed by atoms with Crippen LogP contribution in [0.1, 0.15) is 0 Å². The van der Waals surface area contributed by atoms with Crippen molar-refractivity contribution in [3.63, 3.8) is 0 Å². The maximum absolute atomic E-state index is 5.38. The first-order valence-electron chi connectivity index (χ1n) is 8.31. The minimum absolute atomic E-state index is 0.729. The summed E-state index contributed by atoms with van der Waals surface area (Å²) in [7, 11) is 3.32. The Bertz CT molecular complexity index is 1060. The number of hydrogen-bond donors (Lipinski definition) is 1. The standard InChI is InChI=1S/C21H19N3O2/c1-25-17-9-5-7-15(13-17)22-21-23-19-11-3-4-12-20(19)24(21)16-8-6-10-18(14-16)26-2/h3-14H,1-2H3,(H,22,23). The average molecular weight is 345 g/mol. The zero-order valence-electron chi connectivity index (χ0n) is 14.6. The van der Waals surface area contributed by atoms with Crippen molar-refractivity contribution in [3.8, 4) is 17.2 Å². The molecule has 0 radical (unpaired) electrons. The molecule has 0 saturated heterocycles. The fourth-order valence-electron chi connectivity index (χ4n) is 2.95. The van der Waals surface area contributed by atoms with Crippen molar-refractivity contribution in [2.75, 3.05) is 19.5 Å². The van der Waals surface area contributed by atoms with Gasteiger partial charge in [-0.3, -0.25) is 4.57 Å². The van der Waals surface area contributed by atoms with Gasteiger partial charge < -0.3 is 14.8 Å². The largest absolute Gasteiger partial charge is 0.497 e. The van der Waals surface area contributed by atoms with Crippen LogP contribution >= 0.6 is 0 Å². The zero-order chi connectivity index (χ0) is 17.9. The number of benzene rings is 3. The van der Waals surface area contributed by atoms with Crippen LogP contribution in [0.15, 0.2) is 72.8 Å². The van der Waals surface area contributed by atoms with Gasteiger partial charge in [-0.15, -0.1) is 0 Å². The minimum atomic E-state index is 0.729. The molecule has 0 aliphatic heterocycles. The van der Waals surface area contributed by atoms with Crippen LogP contribution in [0, 0.1) is 0 Å². The number of methoxy groups -OCH3 is 2. The molecule has 0 aliphatic rings. The van der Waals surface area contributed by atoms with Crippen molar-refractivity contribution in [2.24, 2.45) is 0 Å². The first-order valence-corrected chi connectivity index (χ1v) is 8.31. The maximum atomic E-state index is 5.38. The summed E-state index contributed by atoms with van der Waals surface area (Å²) in [5.74, 6) is 2.32. The highest BCUT2D eigenvalue weighted by atomic mass is 16.5. The van der Waals surface area contributed by atoms with E-state index in [9.17, 15) is 0 Å². The van der Waals surface area contributed by atoms with Gasteiger partial charge in [0.1, 0.15) is 11.5 Å². The van der Waals surface area contributed by atoms with Crippen molar-refractivity contribution in [1.82, 2.24) is 9.55 Å². The van der Waals surface area contributed by atoms with E-state index in [1.165, 1.54) is 0 Å². The van der Waals surface area contributed by atoms with Gasteiger partial charge in [-0.05, 0) is 36.4 Å². The average Bonchev–Trinajstić information content (AvgIpc) is 3.06. The van der Waals surface area contributed by atoms with Crippen molar-refractivity contribution in [2.45, 2.75) is 0 Å². The lowest BCUT2D eigenvalue weighted by molar-refractivity contribution is 0.414. The molecule has 4 rings (SSSR count). The molecule has 0 amide bonds. The van der Waals surface area contributed by atoms with E-state index < -0.39 is 0 Å². The molecule has 0 saturated carbocycles. The molecule has 1 N–H and O–H groups in total. The zero-order valence-corrected chi connectivity index (χ0v) is 14.6. The molecule has 130 valence electrons. The summed E-state index contributed by atoms with van der Waals surface area (Å²) in [6.07, 6.45) is 0. The summed E-state index contributed by atoms with van der Waals surface area (Å²) < 4.78 is 12.8. The number of imidazole rings is 1. The van der Waals surface area contributed by atoms with Gasteiger partial charge in [-0.25, -0.2) is 4.98 Å². The van der Waals surface area contributed by atoms with E-state index in [-0.39, 0.29) is 0 Å². The number of ether oxygens (including phenoxy) is 2. The van der Waals surface area contributed by atoms with Crippen LogP contribution in [0.4, 0.5) is 11.6 Å². The lowest BCUT2D eigenvalue weighted by Crippen LogP contribution is -2.02. The molecule has 0 bridgehead atoms. The molecule has 4 aromatic rings. The summed E-state index contributed by atoms with van der Waals surface area (Å²) in [5, 5.41) is 3.40. The molecule has 5 nitrogen and oxygen atoms in total. The van der Waals surface area contributed by atoms with Crippen LogP contribution in [-0.4, -0.2) is 23.8 Å². The highest BCUT2D eigenvalue weighted by molar-refractivity contribution is 5.82. The Labute approximate surface area is 151 Å². The quantitative estimate of drug-likeness (QED) is 0.565. The molecule has 0 spiro atoms. The van der Waals surface area contributed by atoms with E-state index in [4.69, 9.17) is 14.5 Å². The monoisotopic (exact) mass is 345 g/mol. The highest BCUT2D eigenvalue weighted by Gasteiger charge is 2.13. The van der Waals surface area contributed by atoms with Gasteiger partial charge in [0.05, 0.1) is 30.9 Å². The second-order valence-electron chi connectivity index (χ2n) is 5.82. The molecule has 1 aromatic heterocycles. The van der Waals surface area contributed by atoms with Gasteiger partial charge in [-0.2, -0.15) is 0 Å². The molecule has 26 heavy (non-hydrogen) atoms. The molecule has 0 aliphatic carbocycles. The normalized spacial score (nSPS) is 10.7. The smallest absolute Gasteiger partial charge is 0.213 e. The first kappa shape index (κ1) is 16.0. The number of fused-ring (bicyclic) bond motifs is 1. The molecule has 3 aromatic carbocycles. The first-order chi connectivity index (χ1) is 12.8. The summed E-state index contributed by atoms with van der Waals surface area (Å²) in [6, 6.07) is 23.8. The van der Waals surface area contributed by atoms with Gasteiger partial charge in [0.25, 0.3) is 0 Å². The molecule has 5 heteroatoms. The highest BCUT2D eigenvalue weighted by Crippen LogP contribution is 2.29. The van der Waals surface area contributed by atoms with Crippen LogP contribution < -0.4 is 14.8 Å². The lowest BCUT2D eigenvalue weighted by atomic mass is 10.2. The maximum Gasteiger partial charge on any atom is 0.213 e. The van der Waals surface area contributed by atoms with Crippen LogP contribution in [-0.2, 0) is 0 Å². The lowest BCUT2D eigenvalue weighted by Gasteiger charge is -2.12. The number of anilines is 2. The van der Waals surface area contributed by atoms with Gasteiger partial charge in [0, 0.05) is 17.8 Å². The topological polar surface area (TPSA) is 48.3 Å². The summed E-state index contributed by atoms with van der Waals surface area (Å²) in [4.78, 5) is 4.77. The summed E-state index contributed by atoms with van der Waals surface area (Å²) >= 11 is 0. The fourth-order valence-corrected chi connectivity index (χ4v) is 2.95. The van der Waals surface area contributed by atoms with Gasteiger partial charge >= 0.3 is 0 Å². The summed E-state index contributed by atoms with van der Waals surface area (Å²) in [6.45, 7) is 0. The Morgan fingerprint density at radius 2 is 1.54 bits per heavy atom. The minimum Gasteiger partial charge on any atom is -0.497 e. The van der Waals surface area contributed by atoms with Gasteiger partial charge in [0.15, 0.2) is 0 Å². The van der Waals surface area contributed by atoms with Crippen molar-refractivity contribution >= 4 is 22.7 Å². The third kappa shape index (κ3) is 2.95. The third-order valence-electron chi connectivity index (χ3n) is 4.20. The second-order valence-corrected chi connectivity index (χ2v) is 5.82. The van der Waals surface area contributed by atoms with Crippen molar-refractivity contribution in [1.29, 1.82) is 0 Å². The SMILES string of the molecule is COc1cccc(Nc2nc3ccccc3n2-c2cccc(OC)c2)c1. The molecule has 1 heterocycles. The number of hydrogen-bond acceptors (Lipinski definition) is 4. The van der Waals surface area contributed by atoms with Crippen molar-refractivity contribution in [3.05, 3.63) is 72.8 Å². The predicted octanol–water partition coefficient (Wildman–Crippen LogP) is 4.79. The van der Waals surface area contributed by atoms with Crippen LogP contribution in [0.25, 0.3) is 16.7 Å². The Hall–Kier alpha value is -3.47. The van der Waals surface area contributed by atoms with E-state index in [1.54, 1.807) is 14.2 Å². The van der Waals surface area contributed by atoms with Gasteiger partial charge in [-0.1, -0.05) is 24.3 Å². The number of aromatic nitrogens is 2. The molecule has 0 fully saturated rings. The van der Waals surface area contributed by atoms with E-state index in [0.29, 0.717) is 0 Å². The third-order valence-corrected chi connectivity index (χ3v) is 4.20. The Morgan fingerprint density at radius 1 is 0.808 bits per heavy atom. The number of para-hydroxylation sites is 2. The van der Waals surface area contributed by atoms with Crippen molar-refractivity contribution < 1.29 is 9.47 Å². The van der Waals surface area contributed by atoms with Crippen LogP contribution in [0.5, 0.6) is 11.5 Å². The summed E-state index contributed by atoms with van der Waals surface area (Å²) in [5.41, 5.74) is 3.82. The Kier molecular flexibility index (Phi) is 4.19. The van der Waals surface area contributed by atoms with Crippen LogP contribution in [0.3, 0.4) is 0 Å². The van der Waals surface area contributed by atoms with Crippen LogP contribution in [0.2, 0.25) is 0 Å². The van der Waals surface area contributed by atoms with Gasteiger partial charge in [0.2, 0.25) is 5.95 Å². The number of nitrogens with zero attached hydrogens (tertiary/aromatic N) is 2. The number of nitrogens with one attached hydrogen (secondary N) is 1.